The molecule has 0 unspecified atom stereocenters. The van der Waals surface area contributed by atoms with E-state index in [1.54, 1.807) is 19.2 Å². The maximum Gasteiger partial charge on any atom is 0.355 e. The van der Waals surface area contributed by atoms with Crippen LogP contribution in [-0.4, -0.2) is 59.5 Å². The zero-order valence-electron chi connectivity index (χ0n) is 26.6. The Labute approximate surface area is 282 Å². The average molecular weight is 676 g/mol. The van der Waals surface area contributed by atoms with Gasteiger partial charge in [-0.05, 0) is 88.2 Å². The molecular formula is C34H38FN7O3S2. The van der Waals surface area contributed by atoms with Gasteiger partial charge < -0.3 is 31.1 Å². The third kappa shape index (κ3) is 10.0. The van der Waals surface area contributed by atoms with E-state index in [0.29, 0.717) is 71.1 Å². The SMILES string of the molecule is C=C(Nc1nnc(N(CCCN)c2nc(C(=O)O)c(CCCOc3ccc(C#CCNC)cc3F)s2)cc1C)Sc1ccccc1C. The number of thiazole rings is 1. The zero-order chi connectivity index (χ0) is 33.8. The summed E-state index contributed by atoms with van der Waals surface area (Å²) < 4.78 is 20.2. The van der Waals surface area contributed by atoms with Crippen LogP contribution in [-0.2, 0) is 6.42 Å². The van der Waals surface area contributed by atoms with Crippen LogP contribution in [0.15, 0.2) is 65.0 Å². The first-order chi connectivity index (χ1) is 22.7. The first-order valence-electron chi connectivity index (χ1n) is 15.0. The normalized spacial score (nSPS) is 10.7. The van der Waals surface area contributed by atoms with Gasteiger partial charge in [0.15, 0.2) is 34.0 Å². The number of anilines is 3. The molecule has 0 aliphatic heterocycles. The van der Waals surface area contributed by atoms with Gasteiger partial charge in [0.1, 0.15) is 0 Å². The molecule has 13 heteroatoms. The van der Waals surface area contributed by atoms with Gasteiger partial charge in [-0.3, -0.25) is 0 Å². The highest BCUT2D eigenvalue weighted by atomic mass is 32.2. The summed E-state index contributed by atoms with van der Waals surface area (Å²) in [5, 5.41) is 26.1. The van der Waals surface area contributed by atoms with Crippen LogP contribution < -0.4 is 26.0 Å². The Kier molecular flexibility index (Phi) is 13.1. The van der Waals surface area contributed by atoms with Crippen LogP contribution in [0, 0.1) is 31.5 Å². The fourth-order valence-electron chi connectivity index (χ4n) is 4.38. The molecule has 246 valence electrons. The smallest absolute Gasteiger partial charge is 0.355 e. The summed E-state index contributed by atoms with van der Waals surface area (Å²) in [7, 11) is 1.79. The molecule has 0 aliphatic carbocycles. The number of nitrogens with two attached hydrogens (primary N) is 1. The maximum atomic E-state index is 14.5. The molecule has 0 saturated heterocycles. The summed E-state index contributed by atoms with van der Waals surface area (Å²) >= 11 is 2.78. The van der Waals surface area contributed by atoms with Crippen molar-refractivity contribution in [2.45, 2.75) is 38.0 Å². The van der Waals surface area contributed by atoms with Crippen LogP contribution >= 0.6 is 23.1 Å². The van der Waals surface area contributed by atoms with Gasteiger partial charge in [0.2, 0.25) is 0 Å². The molecule has 0 aliphatic rings. The number of nitrogens with one attached hydrogen (secondary N) is 2. The third-order valence-corrected chi connectivity index (χ3v) is 8.94. The largest absolute Gasteiger partial charge is 0.491 e. The van der Waals surface area contributed by atoms with Crippen molar-refractivity contribution in [2.75, 3.05) is 43.5 Å². The monoisotopic (exact) mass is 675 g/mol. The predicted molar refractivity (Wildman–Crippen MR) is 187 cm³/mol. The number of rotatable bonds is 16. The molecular weight excluding hydrogens is 638 g/mol. The van der Waals surface area contributed by atoms with Crippen molar-refractivity contribution in [1.29, 1.82) is 0 Å². The highest BCUT2D eigenvalue weighted by Crippen LogP contribution is 2.34. The van der Waals surface area contributed by atoms with Gasteiger partial charge >= 0.3 is 5.97 Å². The number of hydrogen-bond donors (Lipinski definition) is 4. The molecule has 2 heterocycles. The first-order valence-corrected chi connectivity index (χ1v) is 16.6. The minimum atomic E-state index is -1.13. The molecule has 5 N–H and O–H groups in total. The average Bonchev–Trinajstić information content (AvgIpc) is 3.47. The summed E-state index contributed by atoms with van der Waals surface area (Å²) in [5.41, 5.74) is 8.33. The van der Waals surface area contributed by atoms with E-state index in [1.807, 2.05) is 49.1 Å². The minimum absolute atomic E-state index is 0.0362. The van der Waals surface area contributed by atoms with Crippen LogP contribution in [0.4, 0.5) is 21.2 Å². The molecule has 0 bridgehead atoms. The van der Waals surface area contributed by atoms with Crippen molar-refractivity contribution < 1.29 is 19.0 Å². The van der Waals surface area contributed by atoms with Crippen molar-refractivity contribution in [3.8, 4) is 17.6 Å². The van der Waals surface area contributed by atoms with Crippen molar-refractivity contribution >= 4 is 45.8 Å². The lowest BCUT2D eigenvalue weighted by molar-refractivity contribution is 0.0690. The summed E-state index contributed by atoms with van der Waals surface area (Å²) in [5.74, 6) is 5.34. The van der Waals surface area contributed by atoms with Gasteiger partial charge in [-0.1, -0.05) is 48.4 Å². The lowest BCUT2D eigenvalue weighted by Crippen LogP contribution is -2.22. The molecule has 0 fully saturated rings. The van der Waals surface area contributed by atoms with Gasteiger partial charge in [-0.2, -0.15) is 0 Å². The highest BCUT2D eigenvalue weighted by molar-refractivity contribution is 8.03. The third-order valence-electron chi connectivity index (χ3n) is 6.77. The van der Waals surface area contributed by atoms with Crippen LogP contribution in [0.5, 0.6) is 5.75 Å². The summed E-state index contributed by atoms with van der Waals surface area (Å²) in [6.45, 7) is 9.69. The quantitative estimate of drug-likeness (QED) is 0.0620. The van der Waals surface area contributed by atoms with E-state index in [0.717, 1.165) is 16.0 Å². The number of benzene rings is 2. The standard InChI is InChI=1S/C34H38FN7O3S2/c1-22-10-5-6-12-28(22)46-24(3)38-32-23(2)20-30(40-41-32)42(18-9-16-36)34-39-31(33(43)44)29(47-34)13-8-19-45-27-15-14-25(21-26(27)35)11-7-17-37-4/h5-6,10,12,14-15,20-21,37H,3,8-9,13,16-19,36H2,1-2,4H3,(H,38,41)(H,43,44). The number of carbonyl (C=O) groups is 1. The molecule has 4 rings (SSSR count). The second kappa shape index (κ2) is 17.4. The Hall–Kier alpha value is -4.48. The number of carboxylic acid groups (broad SMARTS) is 1. The zero-order valence-corrected chi connectivity index (χ0v) is 28.2. The van der Waals surface area contributed by atoms with Crippen molar-refractivity contribution in [3.05, 3.63) is 93.2 Å². The maximum absolute atomic E-state index is 14.5. The second-order valence-corrected chi connectivity index (χ2v) is 12.6. The van der Waals surface area contributed by atoms with Crippen molar-refractivity contribution in [3.63, 3.8) is 0 Å². The Morgan fingerprint density at radius 1 is 1.17 bits per heavy atom. The molecule has 0 saturated carbocycles. The van der Waals surface area contributed by atoms with Gasteiger partial charge in [0, 0.05) is 21.9 Å². The van der Waals surface area contributed by atoms with Crippen LogP contribution in [0.3, 0.4) is 0 Å². The lowest BCUT2D eigenvalue weighted by atomic mass is 10.2. The Bertz CT molecular complexity index is 1770. The second-order valence-electron chi connectivity index (χ2n) is 10.4. The van der Waals surface area contributed by atoms with Crippen LogP contribution in [0.1, 0.15) is 44.9 Å². The number of nitrogens with zero attached hydrogens (tertiary/aromatic N) is 4. The number of halogens is 1. The minimum Gasteiger partial charge on any atom is -0.491 e. The fourth-order valence-corrected chi connectivity index (χ4v) is 6.30. The number of aryl methyl sites for hydroxylation is 3. The molecule has 0 amide bonds. The Morgan fingerprint density at radius 2 is 1.98 bits per heavy atom. The highest BCUT2D eigenvalue weighted by Gasteiger charge is 2.23. The Balaban J connectivity index is 1.45. The topological polar surface area (TPSA) is 139 Å². The summed E-state index contributed by atoms with van der Waals surface area (Å²) in [6, 6.07) is 14.5. The molecule has 10 nitrogen and oxygen atoms in total. The summed E-state index contributed by atoms with van der Waals surface area (Å²) in [6.07, 6.45) is 1.46. The number of ether oxygens (including phenoxy) is 1. The van der Waals surface area contributed by atoms with E-state index in [9.17, 15) is 14.3 Å². The molecule has 0 radical (unpaired) electrons. The number of hydrogen-bond acceptors (Lipinski definition) is 11. The summed E-state index contributed by atoms with van der Waals surface area (Å²) in [4.78, 5) is 20.1. The number of carboxylic acids is 1. The molecule has 2 aromatic heterocycles. The number of thioether (sulfide) groups is 1. The van der Waals surface area contributed by atoms with Gasteiger partial charge in [0.25, 0.3) is 0 Å². The van der Waals surface area contributed by atoms with E-state index < -0.39 is 11.8 Å². The molecule has 47 heavy (non-hydrogen) atoms. The van der Waals surface area contributed by atoms with E-state index >= 15 is 0 Å². The van der Waals surface area contributed by atoms with Gasteiger partial charge in [-0.25, -0.2) is 14.2 Å². The molecule has 4 aromatic rings. The van der Waals surface area contributed by atoms with E-state index in [1.165, 1.54) is 29.2 Å². The first kappa shape index (κ1) is 35.4. The van der Waals surface area contributed by atoms with Gasteiger partial charge in [0.05, 0.1) is 18.2 Å². The molecule has 2 aromatic carbocycles. The molecule has 0 spiro atoms. The van der Waals surface area contributed by atoms with Gasteiger partial charge in [-0.15, -0.1) is 21.5 Å². The van der Waals surface area contributed by atoms with Crippen LogP contribution in [0.25, 0.3) is 0 Å². The van der Waals surface area contributed by atoms with Crippen molar-refractivity contribution in [2.24, 2.45) is 5.73 Å². The number of aromatic nitrogens is 3. The predicted octanol–water partition coefficient (Wildman–Crippen LogP) is 6.13. The fraction of sp³-hybridized carbons (Fsp3) is 0.294. The van der Waals surface area contributed by atoms with E-state index in [-0.39, 0.29) is 18.1 Å². The van der Waals surface area contributed by atoms with Crippen molar-refractivity contribution in [1.82, 2.24) is 20.5 Å². The number of aromatic carboxylic acids is 1. The van der Waals surface area contributed by atoms with Crippen LogP contribution in [0.2, 0.25) is 0 Å². The molecule has 0 atom stereocenters. The van der Waals surface area contributed by atoms with E-state index in [4.69, 9.17) is 10.5 Å². The Morgan fingerprint density at radius 3 is 2.68 bits per heavy atom. The van der Waals surface area contributed by atoms with E-state index in [2.05, 4.69) is 44.2 Å². The lowest BCUT2D eigenvalue weighted by Gasteiger charge is -2.21.